The second kappa shape index (κ2) is 7.64. The molecule has 2 fully saturated rings. The van der Waals surface area contributed by atoms with Gasteiger partial charge in [-0.25, -0.2) is 4.79 Å². The zero-order valence-electron chi connectivity index (χ0n) is 14.5. The third kappa shape index (κ3) is 5.43. The predicted octanol–water partition coefficient (Wildman–Crippen LogP) is 2.30. The van der Waals surface area contributed by atoms with Crippen LogP contribution in [0.25, 0.3) is 0 Å². The lowest BCUT2D eigenvalue weighted by Crippen LogP contribution is -2.45. The van der Waals surface area contributed by atoms with Crippen molar-refractivity contribution in [2.75, 3.05) is 39.3 Å². The topological polar surface area (TPSA) is 58.8 Å². The summed E-state index contributed by atoms with van der Waals surface area (Å²) in [7, 11) is 0. The molecule has 5 nitrogen and oxygen atoms in total. The van der Waals surface area contributed by atoms with Gasteiger partial charge in [0.1, 0.15) is 5.60 Å². The zero-order chi connectivity index (χ0) is 16.2. The van der Waals surface area contributed by atoms with Crippen LogP contribution < -0.4 is 5.73 Å². The fraction of sp³-hybridized carbons (Fsp3) is 0.941. The van der Waals surface area contributed by atoms with Gasteiger partial charge in [0, 0.05) is 26.2 Å². The lowest BCUT2D eigenvalue weighted by Gasteiger charge is -2.38. The average Bonchev–Trinajstić information content (AvgIpc) is 2.46. The first-order chi connectivity index (χ1) is 10.4. The van der Waals surface area contributed by atoms with Crippen molar-refractivity contribution in [3.8, 4) is 0 Å². The SMILES string of the molecule is CC(C)(C)OC(=O)N1CCC(CN2CCCC(CN)C2)CC1. The van der Waals surface area contributed by atoms with Crippen LogP contribution in [0.3, 0.4) is 0 Å². The number of piperidine rings is 2. The number of likely N-dealkylation sites (tertiary alicyclic amines) is 2. The Bertz CT molecular complexity index is 359. The lowest BCUT2D eigenvalue weighted by atomic mass is 9.93. The Morgan fingerprint density at radius 2 is 1.82 bits per heavy atom. The molecule has 22 heavy (non-hydrogen) atoms. The standard InChI is InChI=1S/C17H33N3O2/c1-17(2,3)22-16(21)20-9-6-14(7-10-20)12-19-8-4-5-15(11-18)13-19/h14-15H,4-13,18H2,1-3H3. The third-order valence-electron chi connectivity index (χ3n) is 4.72. The summed E-state index contributed by atoms with van der Waals surface area (Å²) in [5.74, 6) is 1.38. The number of rotatable bonds is 3. The van der Waals surface area contributed by atoms with E-state index in [9.17, 15) is 4.79 Å². The second-order valence-corrected chi connectivity index (χ2v) is 7.91. The Labute approximate surface area is 135 Å². The Balaban J connectivity index is 1.72. The van der Waals surface area contributed by atoms with E-state index in [1.54, 1.807) is 0 Å². The van der Waals surface area contributed by atoms with Crippen LogP contribution in [0.1, 0.15) is 46.5 Å². The summed E-state index contributed by atoms with van der Waals surface area (Å²) in [6.45, 7) is 11.8. The maximum atomic E-state index is 12.1. The molecule has 0 aliphatic carbocycles. The number of carbonyl (C=O) groups excluding carboxylic acids is 1. The van der Waals surface area contributed by atoms with E-state index in [-0.39, 0.29) is 6.09 Å². The Hall–Kier alpha value is -0.810. The molecular weight excluding hydrogens is 278 g/mol. The number of carbonyl (C=O) groups is 1. The van der Waals surface area contributed by atoms with Crippen molar-refractivity contribution < 1.29 is 9.53 Å². The van der Waals surface area contributed by atoms with Crippen LogP contribution in [-0.4, -0.2) is 60.8 Å². The van der Waals surface area contributed by atoms with E-state index in [0.29, 0.717) is 11.8 Å². The van der Waals surface area contributed by atoms with Crippen molar-refractivity contribution >= 4 is 6.09 Å². The number of nitrogens with two attached hydrogens (primary N) is 1. The molecule has 0 radical (unpaired) electrons. The molecule has 5 heteroatoms. The van der Waals surface area contributed by atoms with Gasteiger partial charge in [-0.05, 0) is 71.4 Å². The highest BCUT2D eigenvalue weighted by Crippen LogP contribution is 2.23. The van der Waals surface area contributed by atoms with Crippen molar-refractivity contribution in [3.63, 3.8) is 0 Å². The van der Waals surface area contributed by atoms with Crippen molar-refractivity contribution in [2.45, 2.75) is 52.1 Å². The second-order valence-electron chi connectivity index (χ2n) is 7.91. The van der Waals surface area contributed by atoms with Gasteiger partial charge in [-0.3, -0.25) is 0 Å². The molecule has 2 saturated heterocycles. The molecule has 2 aliphatic heterocycles. The summed E-state index contributed by atoms with van der Waals surface area (Å²) in [6, 6.07) is 0. The van der Waals surface area contributed by atoms with Crippen LogP contribution in [0.2, 0.25) is 0 Å². The van der Waals surface area contributed by atoms with Gasteiger partial charge in [0.2, 0.25) is 0 Å². The van der Waals surface area contributed by atoms with Crippen LogP contribution in [0, 0.1) is 11.8 Å². The van der Waals surface area contributed by atoms with Gasteiger partial charge >= 0.3 is 6.09 Å². The normalized spacial score (nSPS) is 25.3. The minimum atomic E-state index is -0.404. The third-order valence-corrected chi connectivity index (χ3v) is 4.72. The van der Waals surface area contributed by atoms with Crippen LogP contribution >= 0.6 is 0 Å². The molecule has 2 heterocycles. The molecule has 1 atom stereocenters. The molecule has 0 saturated carbocycles. The molecule has 1 unspecified atom stereocenters. The molecule has 2 rings (SSSR count). The molecule has 0 spiro atoms. The minimum Gasteiger partial charge on any atom is -0.444 e. The van der Waals surface area contributed by atoms with E-state index in [2.05, 4.69) is 4.90 Å². The first kappa shape index (κ1) is 17.5. The van der Waals surface area contributed by atoms with Crippen molar-refractivity contribution in [3.05, 3.63) is 0 Å². The fourth-order valence-electron chi connectivity index (χ4n) is 3.50. The summed E-state index contributed by atoms with van der Waals surface area (Å²) >= 11 is 0. The van der Waals surface area contributed by atoms with Gasteiger partial charge in [0.05, 0.1) is 0 Å². The summed E-state index contributed by atoms with van der Waals surface area (Å²) in [5, 5.41) is 0. The van der Waals surface area contributed by atoms with Crippen molar-refractivity contribution in [1.29, 1.82) is 0 Å². The highest BCUT2D eigenvalue weighted by atomic mass is 16.6. The van der Waals surface area contributed by atoms with E-state index < -0.39 is 5.60 Å². The first-order valence-corrected chi connectivity index (χ1v) is 8.77. The smallest absolute Gasteiger partial charge is 0.410 e. The van der Waals surface area contributed by atoms with Crippen LogP contribution in [0.4, 0.5) is 4.79 Å². The Morgan fingerprint density at radius 3 is 2.41 bits per heavy atom. The van der Waals surface area contributed by atoms with E-state index in [4.69, 9.17) is 10.5 Å². The minimum absolute atomic E-state index is 0.160. The summed E-state index contributed by atoms with van der Waals surface area (Å²) in [4.78, 5) is 16.5. The molecule has 128 valence electrons. The Morgan fingerprint density at radius 1 is 1.14 bits per heavy atom. The molecule has 0 aromatic carbocycles. The highest BCUT2D eigenvalue weighted by Gasteiger charge is 2.28. The predicted molar refractivity (Wildman–Crippen MR) is 88.7 cm³/mol. The van der Waals surface area contributed by atoms with Gasteiger partial charge < -0.3 is 20.3 Å². The van der Waals surface area contributed by atoms with Gasteiger partial charge in [0.15, 0.2) is 0 Å². The van der Waals surface area contributed by atoms with E-state index in [1.807, 2.05) is 25.7 Å². The molecule has 0 aromatic heterocycles. The quantitative estimate of drug-likeness (QED) is 0.869. The number of ether oxygens (including phenoxy) is 1. The van der Waals surface area contributed by atoms with Crippen LogP contribution in [0.15, 0.2) is 0 Å². The summed E-state index contributed by atoms with van der Waals surface area (Å²) in [6.07, 6.45) is 4.57. The summed E-state index contributed by atoms with van der Waals surface area (Å²) < 4.78 is 5.45. The van der Waals surface area contributed by atoms with Crippen molar-refractivity contribution in [1.82, 2.24) is 9.80 Å². The van der Waals surface area contributed by atoms with Gasteiger partial charge in [-0.15, -0.1) is 0 Å². The van der Waals surface area contributed by atoms with E-state index >= 15 is 0 Å². The van der Waals surface area contributed by atoms with E-state index in [0.717, 1.165) is 39.0 Å². The van der Waals surface area contributed by atoms with Crippen LogP contribution in [-0.2, 0) is 4.74 Å². The number of hydrogen-bond donors (Lipinski definition) is 1. The maximum absolute atomic E-state index is 12.1. The van der Waals surface area contributed by atoms with Crippen LogP contribution in [0.5, 0.6) is 0 Å². The first-order valence-electron chi connectivity index (χ1n) is 8.77. The maximum Gasteiger partial charge on any atom is 0.410 e. The molecule has 1 amide bonds. The number of hydrogen-bond acceptors (Lipinski definition) is 4. The van der Waals surface area contributed by atoms with Gasteiger partial charge in [-0.1, -0.05) is 0 Å². The molecular formula is C17H33N3O2. The molecule has 2 aliphatic rings. The highest BCUT2D eigenvalue weighted by molar-refractivity contribution is 5.68. The van der Waals surface area contributed by atoms with Gasteiger partial charge in [-0.2, -0.15) is 0 Å². The zero-order valence-corrected chi connectivity index (χ0v) is 14.5. The Kier molecular flexibility index (Phi) is 6.09. The summed E-state index contributed by atoms with van der Waals surface area (Å²) in [5.41, 5.74) is 5.41. The molecule has 2 N–H and O–H groups in total. The fourth-order valence-corrected chi connectivity index (χ4v) is 3.50. The van der Waals surface area contributed by atoms with E-state index in [1.165, 1.54) is 25.9 Å². The van der Waals surface area contributed by atoms with Gasteiger partial charge in [0.25, 0.3) is 0 Å². The number of nitrogens with zero attached hydrogens (tertiary/aromatic N) is 2. The lowest BCUT2D eigenvalue weighted by molar-refractivity contribution is 0.0163. The van der Waals surface area contributed by atoms with Crippen molar-refractivity contribution in [2.24, 2.45) is 17.6 Å². The molecule has 0 bridgehead atoms. The number of amides is 1. The molecule has 0 aromatic rings. The average molecular weight is 311 g/mol. The largest absolute Gasteiger partial charge is 0.444 e. The monoisotopic (exact) mass is 311 g/mol.